The Morgan fingerprint density at radius 2 is 1.90 bits per heavy atom. The number of hydrogen-bond donors (Lipinski definition) is 1. The molecule has 0 unspecified atom stereocenters. The van der Waals surface area contributed by atoms with E-state index in [1.54, 1.807) is 23.1 Å². The summed E-state index contributed by atoms with van der Waals surface area (Å²) in [7, 11) is 0. The molecule has 8 nitrogen and oxygen atoms in total. The highest BCUT2D eigenvalue weighted by molar-refractivity contribution is 6.06. The van der Waals surface area contributed by atoms with Crippen molar-refractivity contribution in [3.63, 3.8) is 0 Å². The molecular weight excluding hydrogens is 374 g/mol. The lowest BCUT2D eigenvalue weighted by molar-refractivity contribution is 0.0986. The minimum Gasteiger partial charge on any atom is -0.454 e. The first-order valence-corrected chi connectivity index (χ1v) is 9.22. The van der Waals surface area contributed by atoms with Crippen molar-refractivity contribution in [3.05, 3.63) is 86.2 Å². The molecule has 1 amide bonds. The lowest BCUT2D eigenvalue weighted by atomic mass is 10.2. The number of rotatable bonds is 3. The molecule has 3 aromatic rings. The summed E-state index contributed by atoms with van der Waals surface area (Å²) in [5.41, 5.74) is 1.28. The van der Waals surface area contributed by atoms with Crippen LogP contribution < -0.4 is 25.6 Å². The Kier molecular flexibility index (Phi) is 3.97. The fourth-order valence-electron chi connectivity index (χ4n) is 3.72. The first kappa shape index (κ1) is 17.3. The van der Waals surface area contributed by atoms with E-state index in [0.717, 1.165) is 22.2 Å². The van der Waals surface area contributed by atoms with E-state index in [2.05, 4.69) is 4.98 Å². The van der Waals surface area contributed by atoms with Gasteiger partial charge in [0.2, 0.25) is 6.79 Å². The summed E-state index contributed by atoms with van der Waals surface area (Å²) in [6.07, 6.45) is 1.93. The van der Waals surface area contributed by atoms with Gasteiger partial charge in [-0.05, 0) is 35.7 Å². The van der Waals surface area contributed by atoms with Crippen molar-refractivity contribution in [1.82, 2.24) is 9.55 Å². The van der Waals surface area contributed by atoms with E-state index in [0.29, 0.717) is 23.6 Å². The fraction of sp³-hybridized carbons (Fsp3) is 0.190. The molecule has 29 heavy (non-hydrogen) atoms. The van der Waals surface area contributed by atoms with E-state index in [1.165, 1.54) is 6.20 Å². The number of carbonyl (C=O) groups excluding carboxylic acids is 1. The zero-order valence-electron chi connectivity index (χ0n) is 15.4. The molecule has 0 saturated heterocycles. The molecule has 3 heterocycles. The van der Waals surface area contributed by atoms with Gasteiger partial charge in [0.15, 0.2) is 11.5 Å². The molecule has 2 aliphatic heterocycles. The molecule has 1 aromatic heterocycles. The van der Waals surface area contributed by atoms with Crippen LogP contribution in [0.2, 0.25) is 0 Å². The summed E-state index contributed by atoms with van der Waals surface area (Å²) in [5.74, 6) is 0.759. The number of anilines is 1. The zero-order valence-corrected chi connectivity index (χ0v) is 15.4. The smallest absolute Gasteiger partial charge is 0.328 e. The Hall–Kier alpha value is -3.81. The van der Waals surface area contributed by atoms with Crippen molar-refractivity contribution in [3.8, 4) is 11.5 Å². The first-order chi connectivity index (χ1) is 14.1. The number of H-pyrrole nitrogens is 1. The number of benzene rings is 2. The third-order valence-corrected chi connectivity index (χ3v) is 5.20. The van der Waals surface area contributed by atoms with Crippen LogP contribution in [0.1, 0.15) is 21.5 Å². The van der Waals surface area contributed by atoms with Crippen LogP contribution in [0.25, 0.3) is 0 Å². The Morgan fingerprint density at radius 3 is 2.79 bits per heavy atom. The maximum atomic E-state index is 13.1. The molecule has 2 aromatic carbocycles. The number of amides is 1. The number of nitrogens with one attached hydrogen (secondary N) is 1. The topological polar surface area (TPSA) is 93.6 Å². The van der Waals surface area contributed by atoms with Crippen LogP contribution >= 0.6 is 0 Å². The number of para-hydroxylation sites is 1. The van der Waals surface area contributed by atoms with Crippen LogP contribution in [0.4, 0.5) is 5.69 Å². The number of aromatic amines is 1. The number of nitrogens with zero attached hydrogens (tertiary/aromatic N) is 2. The van der Waals surface area contributed by atoms with Gasteiger partial charge in [-0.25, -0.2) is 4.79 Å². The molecule has 0 atom stereocenters. The Morgan fingerprint density at radius 1 is 1.07 bits per heavy atom. The molecular formula is C21H17N3O5. The number of ether oxygens (including phenoxy) is 2. The third kappa shape index (κ3) is 2.89. The highest BCUT2D eigenvalue weighted by Gasteiger charge is 2.27. The molecule has 146 valence electrons. The van der Waals surface area contributed by atoms with Gasteiger partial charge in [0.05, 0.1) is 6.54 Å². The average molecular weight is 391 g/mol. The highest BCUT2D eigenvalue weighted by Crippen LogP contribution is 2.32. The lowest BCUT2D eigenvalue weighted by Gasteiger charge is -2.17. The molecule has 0 bridgehead atoms. The molecule has 8 heteroatoms. The lowest BCUT2D eigenvalue weighted by Crippen LogP contribution is -2.41. The number of fused-ring (bicyclic) bond motifs is 2. The van der Waals surface area contributed by atoms with E-state index >= 15 is 0 Å². The van der Waals surface area contributed by atoms with Gasteiger partial charge in [0, 0.05) is 18.4 Å². The summed E-state index contributed by atoms with van der Waals surface area (Å²) < 4.78 is 11.6. The van der Waals surface area contributed by atoms with E-state index in [9.17, 15) is 14.4 Å². The molecule has 0 saturated carbocycles. The molecule has 0 spiro atoms. The predicted octanol–water partition coefficient (Wildman–Crippen LogP) is 1.52. The van der Waals surface area contributed by atoms with Crippen LogP contribution in [0.5, 0.6) is 11.5 Å². The zero-order chi connectivity index (χ0) is 20.0. The standard InChI is InChI=1S/C21H17N3O5/c25-19(23-8-7-14-3-1-2-4-16(14)23)15-10-22-21(27)24(20(15)26)11-13-5-6-17-18(9-13)29-12-28-17/h1-6,9-10H,7-8,11-12H2,(H,22,27). The summed E-state index contributed by atoms with van der Waals surface area (Å²) in [4.78, 5) is 42.4. The molecule has 1 N–H and O–H groups in total. The van der Waals surface area contributed by atoms with Crippen LogP contribution in [0, 0.1) is 0 Å². The SMILES string of the molecule is O=C(c1c[nH]c(=O)n(Cc2ccc3c(c2)OCO3)c1=O)N1CCc2ccccc21. The fourth-order valence-corrected chi connectivity index (χ4v) is 3.72. The van der Waals surface area contributed by atoms with E-state index in [-0.39, 0.29) is 18.9 Å². The second-order valence-electron chi connectivity index (χ2n) is 6.92. The van der Waals surface area contributed by atoms with Crippen molar-refractivity contribution in [1.29, 1.82) is 0 Å². The predicted molar refractivity (Wildman–Crippen MR) is 105 cm³/mol. The second kappa shape index (κ2) is 6.66. The summed E-state index contributed by atoms with van der Waals surface area (Å²) in [5, 5.41) is 0. The molecule has 0 radical (unpaired) electrons. The Bertz CT molecular complexity index is 1240. The van der Waals surface area contributed by atoms with Gasteiger partial charge < -0.3 is 19.4 Å². The Labute approximate surface area is 164 Å². The second-order valence-corrected chi connectivity index (χ2v) is 6.92. The minimum atomic E-state index is -0.624. The summed E-state index contributed by atoms with van der Waals surface area (Å²) >= 11 is 0. The number of carbonyl (C=O) groups is 1. The Balaban J connectivity index is 1.49. The van der Waals surface area contributed by atoms with E-state index in [1.807, 2.05) is 24.3 Å². The quantitative estimate of drug-likeness (QED) is 0.731. The van der Waals surface area contributed by atoms with Gasteiger partial charge in [-0.15, -0.1) is 0 Å². The normalized spacial score (nSPS) is 14.1. The van der Waals surface area contributed by atoms with E-state index in [4.69, 9.17) is 9.47 Å². The maximum absolute atomic E-state index is 13.1. The first-order valence-electron chi connectivity index (χ1n) is 9.22. The van der Waals surface area contributed by atoms with Crippen molar-refractivity contribution in [2.45, 2.75) is 13.0 Å². The molecule has 0 fully saturated rings. The third-order valence-electron chi connectivity index (χ3n) is 5.20. The van der Waals surface area contributed by atoms with Gasteiger partial charge in [-0.2, -0.15) is 0 Å². The van der Waals surface area contributed by atoms with Crippen molar-refractivity contribution >= 4 is 11.6 Å². The molecule has 5 rings (SSSR count). The van der Waals surface area contributed by atoms with Gasteiger partial charge in [-0.1, -0.05) is 24.3 Å². The minimum absolute atomic E-state index is 0.0164. The van der Waals surface area contributed by atoms with Crippen molar-refractivity contribution in [2.24, 2.45) is 0 Å². The van der Waals surface area contributed by atoms with Gasteiger partial charge >= 0.3 is 5.69 Å². The monoisotopic (exact) mass is 391 g/mol. The molecule has 2 aliphatic rings. The maximum Gasteiger partial charge on any atom is 0.328 e. The van der Waals surface area contributed by atoms with Crippen LogP contribution in [0.3, 0.4) is 0 Å². The number of aromatic nitrogens is 2. The summed E-state index contributed by atoms with van der Waals surface area (Å²) in [6, 6.07) is 12.8. The number of hydrogen-bond acceptors (Lipinski definition) is 5. The van der Waals surface area contributed by atoms with Crippen LogP contribution in [0.15, 0.2) is 58.3 Å². The van der Waals surface area contributed by atoms with Crippen LogP contribution in [-0.2, 0) is 13.0 Å². The average Bonchev–Trinajstić information content (AvgIpc) is 3.37. The van der Waals surface area contributed by atoms with Gasteiger partial charge in [0.25, 0.3) is 11.5 Å². The summed E-state index contributed by atoms with van der Waals surface area (Å²) in [6.45, 7) is 0.655. The van der Waals surface area contributed by atoms with Crippen molar-refractivity contribution < 1.29 is 14.3 Å². The van der Waals surface area contributed by atoms with Gasteiger partial charge in [0.1, 0.15) is 5.56 Å². The van der Waals surface area contributed by atoms with E-state index < -0.39 is 17.2 Å². The largest absolute Gasteiger partial charge is 0.454 e. The van der Waals surface area contributed by atoms with Crippen LogP contribution in [-0.4, -0.2) is 28.8 Å². The molecule has 0 aliphatic carbocycles. The van der Waals surface area contributed by atoms with Gasteiger partial charge in [-0.3, -0.25) is 14.2 Å². The highest BCUT2D eigenvalue weighted by atomic mass is 16.7. The van der Waals surface area contributed by atoms with Crippen molar-refractivity contribution in [2.75, 3.05) is 18.2 Å².